The third kappa shape index (κ3) is 4.06. The fourth-order valence-corrected chi connectivity index (χ4v) is 9.70. The summed E-state index contributed by atoms with van der Waals surface area (Å²) < 4.78 is 20.6. The second-order valence-electron chi connectivity index (χ2n) is 12.8. The molecule has 7 unspecified atom stereocenters. The Hall–Kier alpha value is -1.37. The van der Waals surface area contributed by atoms with Crippen molar-refractivity contribution in [3.63, 3.8) is 0 Å². The molecule has 200 valence electrons. The van der Waals surface area contributed by atoms with Gasteiger partial charge in [0.2, 0.25) is 0 Å². The normalized spacial score (nSPS) is 39.7. The molecule has 1 aromatic rings. The van der Waals surface area contributed by atoms with Gasteiger partial charge in [-0.3, -0.25) is 9.80 Å². The van der Waals surface area contributed by atoms with Gasteiger partial charge in [0.1, 0.15) is 5.69 Å². The van der Waals surface area contributed by atoms with E-state index in [2.05, 4.69) is 13.8 Å². The maximum Gasteiger partial charge on any atom is 0.168 e. The van der Waals surface area contributed by atoms with Crippen LogP contribution in [0.3, 0.4) is 0 Å². The van der Waals surface area contributed by atoms with Gasteiger partial charge in [-0.2, -0.15) is 0 Å². The first kappa shape index (κ1) is 26.2. The van der Waals surface area contributed by atoms with Gasteiger partial charge in [0.05, 0.1) is 23.9 Å². The molecule has 7 heteroatoms. The lowest BCUT2D eigenvalue weighted by molar-refractivity contribution is -0.154. The Labute approximate surface area is 220 Å². The molecule has 36 heavy (non-hydrogen) atoms. The van der Waals surface area contributed by atoms with Crippen molar-refractivity contribution >= 4 is 28.8 Å². The Morgan fingerprint density at radius 3 is 2.69 bits per heavy atom. The molecule has 0 aromatic heterocycles. The zero-order valence-electron chi connectivity index (χ0n) is 22.1. The minimum absolute atomic E-state index is 0.00520. The summed E-state index contributed by atoms with van der Waals surface area (Å²) in [5.74, 6) is 9.07. The summed E-state index contributed by atoms with van der Waals surface area (Å²) in [7, 11) is 1.87. The van der Waals surface area contributed by atoms with E-state index in [-0.39, 0.29) is 40.1 Å². The standard InChI is InChI=1S/C29H43ClFN3O2/c1-17-10-13-29(16-36-3)18(14-17)4-5-19-20-6-7-22(28(20,2)12-11-21(19)29)25(35)15-34(33)27-24(32)9-8-23(30)26(27)31/h8-9,17-22H,4-7,10-16,32-33H2,1-3H3/t17?,18?,19?,20?,21?,22-,28?,29?/m1/s1. The van der Waals surface area contributed by atoms with Crippen LogP contribution < -0.4 is 16.6 Å². The summed E-state index contributed by atoms with van der Waals surface area (Å²) in [5.41, 5.74) is 6.46. The highest BCUT2D eigenvalue weighted by Crippen LogP contribution is 2.68. The van der Waals surface area contributed by atoms with Crippen LogP contribution in [0.2, 0.25) is 5.02 Å². The first-order chi connectivity index (χ1) is 17.1. The number of Topliss-reactive ketones (excluding diaryl/α,β-unsaturated/α-hetero) is 1. The number of nitrogens with two attached hydrogens (primary N) is 2. The Morgan fingerprint density at radius 2 is 1.94 bits per heavy atom. The highest BCUT2D eigenvalue weighted by Gasteiger charge is 2.62. The Kier molecular flexibility index (Phi) is 7.10. The van der Waals surface area contributed by atoms with E-state index in [9.17, 15) is 9.18 Å². The number of carbonyl (C=O) groups is 1. The van der Waals surface area contributed by atoms with E-state index in [4.69, 9.17) is 27.9 Å². The SMILES string of the molecule is COCC12CCC(C)CC1CCC1C2CCC2(C)C1CC[C@@H]2C(=O)CN(N)c1c(N)ccc(Cl)c1F. The predicted molar refractivity (Wildman–Crippen MR) is 143 cm³/mol. The summed E-state index contributed by atoms with van der Waals surface area (Å²) in [6, 6.07) is 2.93. The van der Waals surface area contributed by atoms with Crippen LogP contribution in [0.15, 0.2) is 12.1 Å². The number of methoxy groups -OCH3 is 1. The van der Waals surface area contributed by atoms with Crippen LogP contribution in [-0.4, -0.2) is 26.0 Å². The fourth-order valence-electron chi connectivity index (χ4n) is 9.55. The van der Waals surface area contributed by atoms with Crippen molar-refractivity contribution in [1.29, 1.82) is 0 Å². The zero-order chi connectivity index (χ0) is 25.8. The van der Waals surface area contributed by atoms with Gasteiger partial charge in [-0.1, -0.05) is 31.9 Å². The van der Waals surface area contributed by atoms with Gasteiger partial charge >= 0.3 is 0 Å². The molecule has 0 aliphatic heterocycles. The third-order valence-corrected chi connectivity index (χ3v) is 11.4. The molecule has 0 saturated heterocycles. The molecule has 5 nitrogen and oxygen atoms in total. The van der Waals surface area contributed by atoms with Crippen molar-refractivity contribution < 1.29 is 13.9 Å². The number of hydrogen-bond acceptors (Lipinski definition) is 5. The number of ether oxygens (including phenoxy) is 1. The quantitative estimate of drug-likeness (QED) is 0.264. The Morgan fingerprint density at radius 1 is 1.17 bits per heavy atom. The molecular formula is C29H43ClFN3O2. The summed E-state index contributed by atoms with van der Waals surface area (Å²) >= 11 is 5.96. The summed E-state index contributed by atoms with van der Waals surface area (Å²) in [6.45, 7) is 5.58. The van der Waals surface area contributed by atoms with Crippen molar-refractivity contribution in [1.82, 2.24) is 0 Å². The van der Waals surface area contributed by atoms with Crippen LogP contribution in [0.4, 0.5) is 15.8 Å². The van der Waals surface area contributed by atoms with Crippen LogP contribution in [0.1, 0.15) is 71.6 Å². The van der Waals surface area contributed by atoms with E-state index in [1.807, 2.05) is 7.11 Å². The van der Waals surface area contributed by atoms with E-state index in [1.165, 1.54) is 50.7 Å². The van der Waals surface area contributed by atoms with Crippen molar-refractivity contribution in [2.45, 2.75) is 71.6 Å². The molecule has 4 aliphatic carbocycles. The van der Waals surface area contributed by atoms with Gasteiger partial charge in [0.25, 0.3) is 0 Å². The molecule has 0 radical (unpaired) electrons. The number of nitrogens with zero attached hydrogens (tertiary/aromatic N) is 1. The molecule has 0 heterocycles. The lowest BCUT2D eigenvalue weighted by Gasteiger charge is -2.62. The summed E-state index contributed by atoms with van der Waals surface area (Å²) in [5, 5.41) is 1.11. The molecule has 4 saturated carbocycles. The number of ketones is 1. The van der Waals surface area contributed by atoms with Crippen LogP contribution in [0.25, 0.3) is 0 Å². The van der Waals surface area contributed by atoms with Gasteiger partial charge in [0.15, 0.2) is 11.6 Å². The van der Waals surface area contributed by atoms with E-state index in [0.29, 0.717) is 23.2 Å². The number of hydrazine groups is 1. The number of hydrogen-bond donors (Lipinski definition) is 2. The van der Waals surface area contributed by atoms with Crippen molar-refractivity contribution in [2.24, 2.45) is 52.2 Å². The molecule has 0 amide bonds. The Balaban J connectivity index is 1.35. The maximum absolute atomic E-state index is 14.7. The zero-order valence-corrected chi connectivity index (χ0v) is 22.8. The predicted octanol–water partition coefficient (Wildman–Crippen LogP) is 6.23. The van der Waals surface area contributed by atoms with E-state index >= 15 is 0 Å². The topological polar surface area (TPSA) is 81.6 Å². The van der Waals surface area contributed by atoms with Gasteiger partial charge < -0.3 is 10.5 Å². The first-order valence-corrected chi connectivity index (χ1v) is 14.3. The largest absolute Gasteiger partial charge is 0.397 e. The molecule has 0 spiro atoms. The molecular weight excluding hydrogens is 477 g/mol. The molecule has 5 rings (SSSR count). The van der Waals surface area contributed by atoms with Gasteiger partial charge in [0, 0.05) is 13.0 Å². The summed E-state index contributed by atoms with van der Waals surface area (Å²) in [6.07, 6.45) is 10.7. The van der Waals surface area contributed by atoms with E-state index in [0.717, 1.165) is 42.7 Å². The second kappa shape index (κ2) is 9.74. The highest BCUT2D eigenvalue weighted by atomic mass is 35.5. The second-order valence-corrected chi connectivity index (χ2v) is 13.2. The average molecular weight is 520 g/mol. The lowest BCUT2D eigenvalue weighted by atomic mass is 9.44. The van der Waals surface area contributed by atoms with Gasteiger partial charge in [-0.15, -0.1) is 0 Å². The van der Waals surface area contributed by atoms with Crippen LogP contribution in [0, 0.1) is 52.2 Å². The average Bonchev–Trinajstić information content (AvgIpc) is 3.19. The molecule has 4 fully saturated rings. The van der Waals surface area contributed by atoms with E-state index in [1.54, 1.807) is 0 Å². The number of carbonyl (C=O) groups excluding carboxylic acids is 1. The number of benzene rings is 1. The fraction of sp³-hybridized carbons (Fsp3) is 0.759. The van der Waals surface area contributed by atoms with Crippen LogP contribution in [0.5, 0.6) is 0 Å². The van der Waals surface area contributed by atoms with Crippen molar-refractivity contribution in [3.05, 3.63) is 23.0 Å². The first-order valence-electron chi connectivity index (χ1n) is 13.9. The van der Waals surface area contributed by atoms with Crippen LogP contribution in [-0.2, 0) is 9.53 Å². The van der Waals surface area contributed by atoms with Crippen LogP contribution >= 0.6 is 11.6 Å². The minimum atomic E-state index is -0.676. The van der Waals surface area contributed by atoms with Crippen molar-refractivity contribution in [2.75, 3.05) is 31.0 Å². The monoisotopic (exact) mass is 519 g/mol. The van der Waals surface area contributed by atoms with Gasteiger partial charge in [-0.25, -0.2) is 10.2 Å². The smallest absolute Gasteiger partial charge is 0.168 e. The molecule has 0 bridgehead atoms. The van der Waals surface area contributed by atoms with Crippen molar-refractivity contribution in [3.8, 4) is 0 Å². The number of rotatable bonds is 6. The van der Waals surface area contributed by atoms with Gasteiger partial charge in [-0.05, 0) is 104 Å². The molecule has 4 aliphatic rings. The van der Waals surface area contributed by atoms with E-state index < -0.39 is 5.82 Å². The molecule has 1 aromatic carbocycles. The number of halogens is 2. The number of anilines is 2. The third-order valence-electron chi connectivity index (χ3n) is 11.1. The molecule has 8 atom stereocenters. The number of fused-ring (bicyclic) bond motifs is 5. The number of nitrogen functional groups attached to an aromatic ring is 1. The highest BCUT2D eigenvalue weighted by molar-refractivity contribution is 6.31. The summed E-state index contributed by atoms with van der Waals surface area (Å²) in [4.78, 5) is 13.6. The lowest BCUT2D eigenvalue weighted by Crippen LogP contribution is -2.56. The molecule has 4 N–H and O–H groups in total. The Bertz CT molecular complexity index is 1010. The minimum Gasteiger partial charge on any atom is -0.397 e. The maximum atomic E-state index is 14.7.